The molecule has 0 heterocycles. The molecule has 0 atom stereocenters. The van der Waals surface area contributed by atoms with Gasteiger partial charge >= 0.3 is 5.97 Å². The molecule has 0 aromatic rings. The lowest BCUT2D eigenvalue weighted by Gasteiger charge is -2.26. The summed E-state index contributed by atoms with van der Waals surface area (Å²) >= 11 is 0. The molecule has 3 nitrogen and oxygen atoms in total. The lowest BCUT2D eigenvalue weighted by molar-refractivity contribution is -0.155. The lowest BCUT2D eigenvalue weighted by Crippen LogP contribution is -2.32. The number of hydrogen-bond donors (Lipinski definition) is 1. The molecule has 0 rings (SSSR count). The number of carbonyl (C=O) groups excluding carboxylic acids is 1. The molecule has 3 heteroatoms. The number of hydrogen-bond acceptors (Lipinski definition) is 3. The summed E-state index contributed by atoms with van der Waals surface area (Å²) in [6.07, 6.45) is 0.860. The van der Waals surface area contributed by atoms with Crippen molar-refractivity contribution >= 4 is 5.97 Å². The lowest BCUT2D eigenvalue weighted by atomic mass is 9.96. The molecule has 0 amide bonds. The van der Waals surface area contributed by atoms with E-state index in [1.807, 2.05) is 13.8 Å². The van der Waals surface area contributed by atoms with E-state index in [2.05, 4.69) is 13.8 Å². The number of ether oxygens (including phenoxy) is 1. The van der Waals surface area contributed by atoms with Crippen molar-refractivity contribution in [3.63, 3.8) is 0 Å². The Morgan fingerprint density at radius 1 is 1.50 bits per heavy atom. The number of rotatable bonds is 4. The molecule has 0 aliphatic rings. The van der Waals surface area contributed by atoms with Crippen LogP contribution < -0.4 is 5.73 Å². The van der Waals surface area contributed by atoms with Gasteiger partial charge < -0.3 is 10.5 Å². The molecule has 12 heavy (non-hydrogen) atoms. The largest absolute Gasteiger partial charge is 0.459 e. The fourth-order valence-electron chi connectivity index (χ4n) is 1.37. The van der Waals surface area contributed by atoms with Crippen LogP contribution in [0, 0.1) is 5.92 Å². The van der Waals surface area contributed by atoms with Crippen molar-refractivity contribution < 1.29 is 9.53 Å². The molecule has 0 saturated carbocycles. The first-order valence-corrected chi connectivity index (χ1v) is 4.29. The van der Waals surface area contributed by atoms with Gasteiger partial charge in [-0.15, -0.1) is 0 Å². The minimum Gasteiger partial charge on any atom is -0.459 e. The molecule has 0 aromatic heterocycles. The number of carbonyl (C=O) groups is 1. The molecule has 0 aliphatic heterocycles. The van der Waals surface area contributed by atoms with E-state index in [4.69, 9.17) is 10.5 Å². The van der Waals surface area contributed by atoms with E-state index in [0.29, 0.717) is 5.92 Å². The van der Waals surface area contributed by atoms with E-state index in [0.717, 1.165) is 6.42 Å². The van der Waals surface area contributed by atoms with Crippen LogP contribution in [0.1, 0.15) is 34.1 Å². The first-order valence-electron chi connectivity index (χ1n) is 4.29. The molecule has 0 fully saturated rings. The van der Waals surface area contributed by atoms with Crippen LogP contribution in [0.25, 0.3) is 0 Å². The summed E-state index contributed by atoms with van der Waals surface area (Å²) in [5.41, 5.74) is 4.75. The van der Waals surface area contributed by atoms with Gasteiger partial charge in [-0.1, -0.05) is 13.8 Å². The van der Waals surface area contributed by atoms with Crippen LogP contribution in [0.4, 0.5) is 0 Å². The number of nitrogens with two attached hydrogens (primary N) is 1. The first-order chi connectivity index (χ1) is 5.37. The van der Waals surface area contributed by atoms with Crippen LogP contribution in [0.5, 0.6) is 0 Å². The Labute approximate surface area is 74.3 Å². The normalized spacial score (nSPS) is 11.8. The highest BCUT2D eigenvalue weighted by Crippen LogP contribution is 2.19. The predicted molar refractivity (Wildman–Crippen MR) is 48.7 cm³/mol. The minimum absolute atomic E-state index is 0.0402. The molecule has 0 spiro atoms. The van der Waals surface area contributed by atoms with E-state index >= 15 is 0 Å². The Morgan fingerprint density at radius 3 is 2.33 bits per heavy atom. The van der Waals surface area contributed by atoms with Crippen LogP contribution in [-0.2, 0) is 9.53 Å². The van der Waals surface area contributed by atoms with Crippen molar-refractivity contribution in [2.24, 2.45) is 11.7 Å². The number of esters is 1. The average molecular weight is 173 g/mol. The van der Waals surface area contributed by atoms with E-state index < -0.39 is 0 Å². The van der Waals surface area contributed by atoms with Gasteiger partial charge in [0.05, 0.1) is 6.54 Å². The van der Waals surface area contributed by atoms with E-state index in [-0.39, 0.29) is 18.1 Å². The summed E-state index contributed by atoms with van der Waals surface area (Å²) in [7, 11) is 0. The van der Waals surface area contributed by atoms with Gasteiger partial charge in [0.15, 0.2) is 0 Å². The highest BCUT2D eigenvalue weighted by Gasteiger charge is 2.23. The van der Waals surface area contributed by atoms with Gasteiger partial charge in [-0.3, -0.25) is 4.79 Å². The zero-order chi connectivity index (χ0) is 9.78. The van der Waals surface area contributed by atoms with Crippen molar-refractivity contribution in [2.45, 2.75) is 39.7 Å². The quantitative estimate of drug-likeness (QED) is 0.652. The molecule has 0 unspecified atom stereocenters. The maximum absolute atomic E-state index is 10.9. The standard InChI is InChI=1S/C9H19NO2/c1-7(2)5-9(3,4)12-8(11)6-10/h7H,5-6,10H2,1-4H3. The molecular formula is C9H19NO2. The molecule has 0 radical (unpaired) electrons. The van der Waals surface area contributed by atoms with Crippen molar-refractivity contribution in [3.8, 4) is 0 Å². The highest BCUT2D eigenvalue weighted by atomic mass is 16.6. The summed E-state index contributed by atoms with van der Waals surface area (Å²) in [5.74, 6) is 0.186. The second-order valence-electron chi connectivity index (χ2n) is 4.04. The fraction of sp³-hybridized carbons (Fsp3) is 0.889. The first kappa shape index (κ1) is 11.4. The average Bonchev–Trinajstić information content (AvgIpc) is 1.83. The third-order valence-electron chi connectivity index (χ3n) is 1.46. The highest BCUT2D eigenvalue weighted by molar-refractivity contribution is 5.71. The Hall–Kier alpha value is -0.570. The molecule has 0 aromatic carbocycles. The van der Waals surface area contributed by atoms with Crippen LogP contribution in [0.15, 0.2) is 0 Å². The predicted octanol–water partition coefficient (Wildman–Crippen LogP) is 1.31. The zero-order valence-electron chi connectivity index (χ0n) is 8.39. The van der Waals surface area contributed by atoms with Gasteiger partial charge in [-0.2, -0.15) is 0 Å². The van der Waals surface area contributed by atoms with Gasteiger partial charge in [-0.25, -0.2) is 0 Å². The van der Waals surface area contributed by atoms with Crippen molar-refractivity contribution in [2.75, 3.05) is 6.54 Å². The Morgan fingerprint density at radius 2 is 2.00 bits per heavy atom. The summed E-state index contributed by atoms with van der Waals surface area (Å²) in [6.45, 7) is 7.96. The summed E-state index contributed by atoms with van der Waals surface area (Å²) < 4.78 is 5.13. The summed E-state index contributed by atoms with van der Waals surface area (Å²) in [4.78, 5) is 10.9. The molecule has 72 valence electrons. The van der Waals surface area contributed by atoms with Gasteiger partial charge in [0.2, 0.25) is 0 Å². The Bertz CT molecular complexity index is 153. The smallest absolute Gasteiger partial charge is 0.320 e. The Kier molecular flexibility index (Phi) is 4.24. The second-order valence-corrected chi connectivity index (χ2v) is 4.04. The Balaban J connectivity index is 3.94. The van der Waals surface area contributed by atoms with Crippen LogP contribution in [0.3, 0.4) is 0 Å². The maximum Gasteiger partial charge on any atom is 0.320 e. The van der Waals surface area contributed by atoms with Gasteiger partial charge in [0.1, 0.15) is 5.60 Å². The molecular weight excluding hydrogens is 154 g/mol. The second kappa shape index (κ2) is 4.45. The topological polar surface area (TPSA) is 52.3 Å². The van der Waals surface area contributed by atoms with Gasteiger partial charge in [-0.05, 0) is 26.2 Å². The molecule has 2 N–H and O–H groups in total. The zero-order valence-corrected chi connectivity index (χ0v) is 8.39. The van der Waals surface area contributed by atoms with E-state index in [1.54, 1.807) is 0 Å². The maximum atomic E-state index is 10.9. The fourth-order valence-corrected chi connectivity index (χ4v) is 1.37. The van der Waals surface area contributed by atoms with E-state index in [1.165, 1.54) is 0 Å². The summed E-state index contributed by atoms with van der Waals surface area (Å²) in [6, 6.07) is 0. The van der Waals surface area contributed by atoms with Gasteiger partial charge in [0, 0.05) is 0 Å². The SMILES string of the molecule is CC(C)CC(C)(C)OC(=O)CN. The summed E-state index contributed by atoms with van der Waals surface area (Å²) in [5, 5.41) is 0. The van der Waals surface area contributed by atoms with Crippen LogP contribution in [-0.4, -0.2) is 18.1 Å². The minimum atomic E-state index is -0.384. The molecule has 0 saturated heterocycles. The molecule has 0 aliphatic carbocycles. The third-order valence-corrected chi connectivity index (χ3v) is 1.46. The monoisotopic (exact) mass is 173 g/mol. The van der Waals surface area contributed by atoms with Crippen molar-refractivity contribution in [3.05, 3.63) is 0 Å². The van der Waals surface area contributed by atoms with Crippen LogP contribution in [0.2, 0.25) is 0 Å². The van der Waals surface area contributed by atoms with Crippen molar-refractivity contribution in [1.29, 1.82) is 0 Å². The third kappa shape index (κ3) is 5.13. The molecule has 0 bridgehead atoms. The van der Waals surface area contributed by atoms with Crippen molar-refractivity contribution in [1.82, 2.24) is 0 Å². The van der Waals surface area contributed by atoms with Crippen LogP contribution >= 0.6 is 0 Å². The van der Waals surface area contributed by atoms with E-state index in [9.17, 15) is 4.79 Å². The van der Waals surface area contributed by atoms with Gasteiger partial charge in [0.25, 0.3) is 0 Å².